The van der Waals surface area contributed by atoms with E-state index in [9.17, 15) is 0 Å². The highest BCUT2D eigenvalue weighted by Crippen LogP contribution is 2.25. The molecule has 2 rings (SSSR count). The van der Waals surface area contributed by atoms with Crippen molar-refractivity contribution in [1.82, 2.24) is 0 Å². The summed E-state index contributed by atoms with van der Waals surface area (Å²) in [7, 11) is 0. The SMILES string of the molecule is NC1=NCN(c2ccccc2Cl)C(N)=N1. The summed E-state index contributed by atoms with van der Waals surface area (Å²) in [6.07, 6.45) is 0. The highest BCUT2D eigenvalue weighted by molar-refractivity contribution is 6.33. The molecule has 6 heteroatoms. The molecule has 78 valence electrons. The van der Waals surface area contributed by atoms with Gasteiger partial charge in [-0.25, -0.2) is 4.99 Å². The molecule has 1 aliphatic rings. The Hall–Kier alpha value is -1.75. The zero-order chi connectivity index (χ0) is 10.8. The number of benzene rings is 1. The molecule has 0 aliphatic carbocycles. The molecule has 0 fully saturated rings. The lowest BCUT2D eigenvalue weighted by Gasteiger charge is -2.24. The fraction of sp³-hybridized carbons (Fsp3) is 0.111. The standard InChI is InChI=1S/C9H10ClN5/c10-6-3-1-2-4-7(6)15-5-13-8(11)14-9(15)12/h1-4H,5H2,(H4,11,12,13,14). The summed E-state index contributed by atoms with van der Waals surface area (Å²) in [5, 5.41) is 0.603. The maximum absolute atomic E-state index is 6.03. The largest absolute Gasteiger partial charge is 0.369 e. The van der Waals surface area contributed by atoms with Crippen LogP contribution in [0.2, 0.25) is 5.02 Å². The van der Waals surface area contributed by atoms with Crippen molar-refractivity contribution in [2.24, 2.45) is 21.5 Å². The van der Waals surface area contributed by atoms with E-state index < -0.39 is 0 Å². The predicted octanol–water partition coefficient (Wildman–Crippen LogP) is 0.747. The van der Waals surface area contributed by atoms with E-state index in [0.29, 0.717) is 17.7 Å². The lowest BCUT2D eigenvalue weighted by molar-refractivity contribution is 0.970. The van der Waals surface area contributed by atoms with Gasteiger partial charge >= 0.3 is 0 Å². The Morgan fingerprint density at radius 2 is 2.00 bits per heavy atom. The van der Waals surface area contributed by atoms with Gasteiger partial charge in [-0.2, -0.15) is 4.99 Å². The maximum atomic E-state index is 6.03. The quantitative estimate of drug-likeness (QED) is 0.737. The van der Waals surface area contributed by atoms with Gasteiger partial charge in [0.15, 0.2) is 0 Å². The number of hydrogen-bond acceptors (Lipinski definition) is 5. The number of aliphatic imine (C=N–C) groups is 2. The third-order valence-corrected chi connectivity index (χ3v) is 2.34. The van der Waals surface area contributed by atoms with Crippen LogP contribution < -0.4 is 16.4 Å². The zero-order valence-electron chi connectivity index (χ0n) is 7.89. The molecular weight excluding hydrogens is 214 g/mol. The molecule has 0 saturated carbocycles. The molecule has 0 aromatic heterocycles. The highest BCUT2D eigenvalue weighted by atomic mass is 35.5. The van der Waals surface area contributed by atoms with E-state index in [2.05, 4.69) is 9.98 Å². The third-order valence-electron chi connectivity index (χ3n) is 2.02. The molecular formula is C9H10ClN5. The highest BCUT2D eigenvalue weighted by Gasteiger charge is 2.16. The molecule has 0 spiro atoms. The second kappa shape index (κ2) is 3.78. The molecule has 1 aromatic carbocycles. The molecule has 0 atom stereocenters. The first kappa shape index (κ1) is 9.79. The van der Waals surface area contributed by atoms with Crippen molar-refractivity contribution in [2.45, 2.75) is 0 Å². The number of rotatable bonds is 1. The van der Waals surface area contributed by atoms with Crippen molar-refractivity contribution in [3.8, 4) is 0 Å². The summed E-state index contributed by atoms with van der Waals surface area (Å²) in [4.78, 5) is 9.54. The minimum Gasteiger partial charge on any atom is -0.369 e. The van der Waals surface area contributed by atoms with Gasteiger partial charge in [-0.3, -0.25) is 4.90 Å². The van der Waals surface area contributed by atoms with Crippen molar-refractivity contribution >= 4 is 29.2 Å². The van der Waals surface area contributed by atoms with E-state index in [1.165, 1.54) is 0 Å². The van der Waals surface area contributed by atoms with E-state index in [1.54, 1.807) is 11.0 Å². The second-order valence-electron chi connectivity index (χ2n) is 3.01. The normalized spacial score (nSPS) is 15.9. The molecule has 5 nitrogen and oxygen atoms in total. The van der Waals surface area contributed by atoms with Gasteiger partial charge in [-0.15, -0.1) is 0 Å². The number of nitrogens with zero attached hydrogens (tertiary/aromatic N) is 3. The number of halogens is 1. The fourth-order valence-corrected chi connectivity index (χ4v) is 1.54. The van der Waals surface area contributed by atoms with Crippen molar-refractivity contribution in [3.63, 3.8) is 0 Å². The van der Waals surface area contributed by atoms with Crippen molar-refractivity contribution < 1.29 is 0 Å². The molecule has 0 amide bonds. The minimum atomic E-state index is 0.191. The Bertz CT molecular complexity index is 440. The molecule has 1 aromatic rings. The van der Waals surface area contributed by atoms with E-state index in [0.717, 1.165) is 5.69 Å². The molecule has 0 unspecified atom stereocenters. The fourth-order valence-electron chi connectivity index (χ4n) is 1.30. The molecule has 0 radical (unpaired) electrons. The van der Waals surface area contributed by atoms with E-state index in [1.807, 2.05) is 18.2 Å². The summed E-state index contributed by atoms with van der Waals surface area (Å²) in [6, 6.07) is 7.35. The average Bonchev–Trinajstić information content (AvgIpc) is 2.20. The molecule has 0 saturated heterocycles. The first-order valence-electron chi connectivity index (χ1n) is 4.34. The number of anilines is 1. The smallest absolute Gasteiger partial charge is 0.220 e. The van der Waals surface area contributed by atoms with E-state index in [-0.39, 0.29) is 5.96 Å². The van der Waals surface area contributed by atoms with Gasteiger partial charge < -0.3 is 11.5 Å². The Labute approximate surface area is 92.1 Å². The monoisotopic (exact) mass is 223 g/mol. The maximum Gasteiger partial charge on any atom is 0.220 e. The summed E-state index contributed by atoms with van der Waals surface area (Å²) >= 11 is 6.03. The number of guanidine groups is 2. The van der Waals surface area contributed by atoms with Crippen LogP contribution in [0.4, 0.5) is 5.69 Å². The Morgan fingerprint density at radius 1 is 1.27 bits per heavy atom. The Morgan fingerprint density at radius 3 is 2.67 bits per heavy atom. The van der Waals surface area contributed by atoms with Gasteiger partial charge in [0.05, 0.1) is 10.7 Å². The Balaban J connectivity index is 2.35. The molecule has 4 N–H and O–H groups in total. The average molecular weight is 224 g/mol. The van der Waals surface area contributed by atoms with Crippen LogP contribution in [0.15, 0.2) is 34.3 Å². The summed E-state index contributed by atoms with van der Waals surface area (Å²) < 4.78 is 0. The lowest BCUT2D eigenvalue weighted by Crippen LogP contribution is -2.42. The first-order chi connectivity index (χ1) is 7.18. The van der Waals surface area contributed by atoms with Gasteiger partial charge in [0.25, 0.3) is 0 Å². The van der Waals surface area contributed by atoms with Crippen molar-refractivity contribution in [1.29, 1.82) is 0 Å². The van der Waals surface area contributed by atoms with E-state index in [4.69, 9.17) is 23.1 Å². The summed E-state index contributed by atoms with van der Waals surface area (Å²) in [5.41, 5.74) is 11.9. The van der Waals surface area contributed by atoms with Crippen LogP contribution in [0, 0.1) is 0 Å². The van der Waals surface area contributed by atoms with Gasteiger partial charge in [0, 0.05) is 0 Å². The molecule has 0 bridgehead atoms. The molecule has 1 aliphatic heterocycles. The third kappa shape index (κ3) is 1.87. The van der Waals surface area contributed by atoms with Crippen molar-refractivity contribution in [3.05, 3.63) is 29.3 Å². The van der Waals surface area contributed by atoms with Crippen LogP contribution in [0.1, 0.15) is 0 Å². The van der Waals surface area contributed by atoms with Gasteiger partial charge in [-0.05, 0) is 12.1 Å². The van der Waals surface area contributed by atoms with Crippen LogP contribution in [0.5, 0.6) is 0 Å². The number of para-hydroxylation sites is 1. The van der Waals surface area contributed by atoms with Gasteiger partial charge in [-0.1, -0.05) is 23.7 Å². The van der Waals surface area contributed by atoms with E-state index >= 15 is 0 Å². The van der Waals surface area contributed by atoms with Crippen LogP contribution in [-0.2, 0) is 0 Å². The number of nitrogens with two attached hydrogens (primary N) is 2. The van der Waals surface area contributed by atoms with Gasteiger partial charge in [0.2, 0.25) is 11.9 Å². The van der Waals surface area contributed by atoms with Crippen LogP contribution >= 0.6 is 11.6 Å². The second-order valence-corrected chi connectivity index (χ2v) is 3.41. The zero-order valence-corrected chi connectivity index (χ0v) is 8.65. The predicted molar refractivity (Wildman–Crippen MR) is 62.0 cm³/mol. The molecule has 15 heavy (non-hydrogen) atoms. The Kier molecular flexibility index (Phi) is 2.47. The lowest BCUT2D eigenvalue weighted by atomic mass is 10.3. The first-order valence-corrected chi connectivity index (χ1v) is 4.72. The summed E-state index contributed by atoms with van der Waals surface area (Å²) in [5.74, 6) is 0.492. The van der Waals surface area contributed by atoms with Crippen molar-refractivity contribution in [2.75, 3.05) is 11.6 Å². The van der Waals surface area contributed by atoms with Crippen LogP contribution in [0.3, 0.4) is 0 Å². The van der Waals surface area contributed by atoms with Crippen LogP contribution in [-0.4, -0.2) is 18.6 Å². The number of hydrogen-bond donors (Lipinski definition) is 2. The minimum absolute atomic E-state index is 0.191. The van der Waals surface area contributed by atoms with Crippen LogP contribution in [0.25, 0.3) is 0 Å². The topological polar surface area (TPSA) is 80.0 Å². The molecule has 1 heterocycles. The van der Waals surface area contributed by atoms with Gasteiger partial charge in [0.1, 0.15) is 6.67 Å². The summed E-state index contributed by atoms with van der Waals surface area (Å²) in [6.45, 7) is 0.338.